The minimum Gasteiger partial charge on any atom is -0.381 e. The molecule has 0 saturated carbocycles. The first-order chi connectivity index (χ1) is 31.7. The van der Waals surface area contributed by atoms with E-state index < -0.39 is 8.07 Å². The summed E-state index contributed by atoms with van der Waals surface area (Å²) in [5, 5.41) is 1.19. The second-order valence-electron chi connectivity index (χ2n) is 19.6. The zero-order valence-corrected chi connectivity index (χ0v) is 53.7. The molecular weight excluding hydrogens is 1140 g/mol. The van der Waals surface area contributed by atoms with Crippen LogP contribution in [0.5, 0.6) is 0 Å². The Balaban J connectivity index is -0.000000799. The van der Waals surface area contributed by atoms with Gasteiger partial charge in [-0.3, -0.25) is 9.59 Å². The molecule has 2 amide bonds. The molecule has 388 valence electrons. The van der Waals surface area contributed by atoms with Gasteiger partial charge in [0, 0.05) is 36.3 Å². The average molecular weight is 1240 g/mol. The third-order valence-electron chi connectivity index (χ3n) is 11.0. The zero-order chi connectivity index (χ0) is 49.5. The quantitative estimate of drug-likeness (QED) is 0.0196. The van der Waals surface area contributed by atoms with Crippen LogP contribution in [0.3, 0.4) is 0 Å². The predicted octanol–water partition coefficient (Wildman–Crippen LogP) is 18.3. The number of carbonyl (C=O) groups is 2. The fourth-order valence-electron chi connectivity index (χ4n) is 7.05. The van der Waals surface area contributed by atoms with Gasteiger partial charge in [-0.15, -0.1) is 22.7 Å². The number of hydrogen-bond acceptors (Lipinski definition) is 5. The number of imide groups is 1. The van der Waals surface area contributed by atoms with Crippen LogP contribution < -0.4 is 23.4 Å². The molecule has 4 nitrogen and oxygen atoms in total. The summed E-state index contributed by atoms with van der Waals surface area (Å²) in [6.07, 6.45) is 45.0. The molecule has 67 heavy (non-hydrogen) atoms. The Morgan fingerprint density at radius 1 is 0.552 bits per heavy atom. The van der Waals surface area contributed by atoms with E-state index in [-0.39, 0.29) is 30.7 Å². The second kappa shape index (κ2) is 53.5. The summed E-state index contributed by atoms with van der Waals surface area (Å²) >= 11 is 17.0. The standard InChI is InChI=1S/C20H35BrS.C16H33Br.C7H11BrSSi.C4H4BrNO2.C4H8O.C4H9.Li/c1-2-3-4-5-6-7-8-9-10-11-12-13-14-15-16-19-17-18-20(21)22-19;1-2-3-4-5-6-7-8-9-10-11-12-13-14-15-16-17;1-10(2,3)7-5-4-6(8)9-7;5-6-3(7)1-2-4(6)8;1-2-4-5-3-1;1-4(2)3;/h17-18H,2-16H2,1H3;2-16H2,1H3;4-5H,1-3H3;1-2H2;1-4H2;1-3H3;/q;;;;;-1;+1. The topological polar surface area (TPSA) is 46.6 Å². The van der Waals surface area contributed by atoms with Crippen molar-refractivity contribution in [3.63, 3.8) is 0 Å². The first kappa shape index (κ1) is 72.5. The van der Waals surface area contributed by atoms with Crippen molar-refractivity contribution < 1.29 is 33.2 Å². The number of thiophene rings is 2. The maximum atomic E-state index is 10.4. The van der Waals surface area contributed by atoms with Gasteiger partial charge in [0.25, 0.3) is 0 Å². The summed E-state index contributed by atoms with van der Waals surface area (Å²) < 4.78 is 10.0. The van der Waals surface area contributed by atoms with E-state index >= 15 is 0 Å². The van der Waals surface area contributed by atoms with Crippen molar-refractivity contribution in [1.29, 1.82) is 0 Å². The molecule has 2 aliphatic rings. The predicted molar refractivity (Wildman–Crippen MR) is 315 cm³/mol. The SMILES string of the molecule is C1CCOC1.CCCCCCCCCCCCCCCCBr.CCCCCCCCCCCCCCCCc1ccc(Br)s1.C[C-](C)C.C[Si](C)(C)c1ccc(Br)s1.O=C1CCC(=O)N1Br.[Li+]. The van der Waals surface area contributed by atoms with Crippen LogP contribution in [0.1, 0.15) is 245 Å². The molecule has 4 rings (SSSR count). The van der Waals surface area contributed by atoms with Crippen LogP contribution in [-0.2, 0) is 20.7 Å². The van der Waals surface area contributed by atoms with E-state index in [2.05, 4.69) is 142 Å². The van der Waals surface area contributed by atoms with Crippen molar-refractivity contribution in [2.45, 2.75) is 266 Å². The molecule has 0 unspecified atom stereocenters. The van der Waals surface area contributed by atoms with E-state index in [9.17, 15) is 9.59 Å². The van der Waals surface area contributed by atoms with E-state index in [4.69, 9.17) is 4.74 Å². The number of ether oxygens (including phenoxy) is 1. The molecule has 4 heterocycles. The number of hydrogen-bond donors (Lipinski definition) is 0. The van der Waals surface area contributed by atoms with Crippen molar-refractivity contribution >= 4 is 111 Å². The maximum absolute atomic E-state index is 10.4. The van der Waals surface area contributed by atoms with Crippen LogP contribution in [0.15, 0.2) is 31.8 Å². The molecule has 0 N–H and O–H groups in total. The smallest absolute Gasteiger partial charge is 0.381 e. The van der Waals surface area contributed by atoms with Crippen LogP contribution in [0.4, 0.5) is 0 Å². The number of nitrogens with zero attached hydrogens (tertiary/aromatic N) is 1. The van der Waals surface area contributed by atoms with Gasteiger partial charge in [-0.25, -0.2) is 3.93 Å². The number of aryl methyl sites for hydroxylation is 1. The number of halogens is 4. The van der Waals surface area contributed by atoms with Gasteiger partial charge in [0.15, 0.2) is 0 Å². The van der Waals surface area contributed by atoms with E-state index in [1.54, 1.807) is 4.50 Å². The second-order valence-corrected chi connectivity index (χ2v) is 31.5. The van der Waals surface area contributed by atoms with Crippen molar-refractivity contribution in [3.8, 4) is 0 Å². The summed E-state index contributed by atoms with van der Waals surface area (Å²) in [5.41, 5.74) is 0. The van der Waals surface area contributed by atoms with Crippen LogP contribution in [0, 0.1) is 5.92 Å². The molecule has 0 atom stereocenters. The fraction of sp³-hybridized carbons (Fsp3) is 0.800. The minimum atomic E-state index is -1.02. The largest absolute Gasteiger partial charge is 1.00 e. The van der Waals surface area contributed by atoms with Gasteiger partial charge in [0.1, 0.15) is 0 Å². The number of rotatable bonds is 30. The Morgan fingerprint density at radius 2 is 0.881 bits per heavy atom. The molecule has 2 aromatic rings. The third kappa shape index (κ3) is 53.3. The molecule has 2 aliphatic heterocycles. The van der Waals surface area contributed by atoms with Gasteiger partial charge in [-0.2, -0.15) is 20.8 Å². The molecule has 0 spiro atoms. The fourth-order valence-corrected chi connectivity index (χ4v) is 13.0. The first-order valence-corrected chi connectivity index (χ1v) is 35.2. The molecule has 2 aromatic heterocycles. The van der Waals surface area contributed by atoms with Gasteiger partial charge in [0.2, 0.25) is 11.8 Å². The Labute approximate surface area is 470 Å². The molecule has 0 aromatic carbocycles. The van der Waals surface area contributed by atoms with E-state index in [1.807, 2.05) is 22.7 Å². The number of amides is 2. The monoisotopic (exact) mass is 1240 g/mol. The summed E-state index contributed by atoms with van der Waals surface area (Å²) in [4.78, 5) is 22.4. The average Bonchev–Trinajstić information content (AvgIpc) is 4.13. The van der Waals surface area contributed by atoms with E-state index in [1.165, 1.54) is 223 Å². The van der Waals surface area contributed by atoms with Gasteiger partial charge in [-0.1, -0.05) is 222 Å². The summed E-state index contributed by atoms with van der Waals surface area (Å²) in [6, 6.07) is 8.81. The van der Waals surface area contributed by atoms with Crippen LogP contribution in [0.2, 0.25) is 19.6 Å². The van der Waals surface area contributed by atoms with Gasteiger partial charge in [0.05, 0.1) is 31.8 Å². The Bertz CT molecular complexity index is 1300. The van der Waals surface area contributed by atoms with Gasteiger partial charge in [-0.05, 0) is 86.7 Å². The molecule has 0 radical (unpaired) electrons. The Morgan fingerprint density at radius 3 is 1.10 bits per heavy atom. The van der Waals surface area contributed by atoms with Crippen LogP contribution in [-0.4, -0.2) is 42.4 Å². The summed E-state index contributed by atoms with van der Waals surface area (Å²) in [6.45, 7) is 19.9. The number of unbranched alkanes of at least 4 members (excludes halogenated alkanes) is 26. The molecule has 2 fully saturated rings. The minimum absolute atomic E-state index is 0. The Kier molecular flexibility index (Phi) is 57.9. The summed E-state index contributed by atoms with van der Waals surface area (Å²) in [7, 11) is -1.02. The van der Waals surface area contributed by atoms with Crippen molar-refractivity contribution in [2.75, 3.05) is 18.5 Å². The Hall–Kier alpha value is 1.23. The first-order valence-electron chi connectivity index (χ1n) is 26.6. The molecule has 0 bridgehead atoms. The van der Waals surface area contributed by atoms with Crippen molar-refractivity contribution in [2.24, 2.45) is 0 Å². The maximum Gasteiger partial charge on any atom is 1.00 e. The zero-order valence-electron chi connectivity index (χ0n) is 44.8. The van der Waals surface area contributed by atoms with Gasteiger partial charge >= 0.3 is 18.9 Å². The summed E-state index contributed by atoms with van der Waals surface area (Å²) in [5.74, 6) is 1.13. The van der Waals surface area contributed by atoms with Crippen molar-refractivity contribution in [1.82, 2.24) is 3.93 Å². The number of alkyl halides is 1. The third-order valence-corrected chi connectivity index (χ3v) is 19.3. The number of carbonyl (C=O) groups excluding carboxylic acids is 2. The van der Waals surface area contributed by atoms with Crippen molar-refractivity contribution in [3.05, 3.63) is 42.6 Å². The van der Waals surface area contributed by atoms with E-state index in [0.717, 1.165) is 17.1 Å². The van der Waals surface area contributed by atoms with Gasteiger partial charge < -0.3 is 10.7 Å². The van der Waals surface area contributed by atoms with Crippen LogP contribution in [0.25, 0.3) is 0 Å². The van der Waals surface area contributed by atoms with E-state index in [0.29, 0.717) is 12.8 Å². The molecule has 2 saturated heterocycles. The molecular formula is C55H100Br4LiNO3S2Si. The van der Waals surface area contributed by atoms with Crippen LogP contribution >= 0.6 is 86.6 Å². The molecule has 12 heteroatoms. The molecule has 0 aliphatic carbocycles. The normalized spacial score (nSPS) is 13.0.